The van der Waals surface area contributed by atoms with Gasteiger partial charge < -0.3 is 24.8 Å². The van der Waals surface area contributed by atoms with E-state index in [1.165, 1.54) is 21.5 Å². The van der Waals surface area contributed by atoms with E-state index in [1.807, 2.05) is 0 Å². The van der Waals surface area contributed by atoms with E-state index < -0.39 is 8.07 Å². The van der Waals surface area contributed by atoms with Gasteiger partial charge in [0.15, 0.2) is 0 Å². The van der Waals surface area contributed by atoms with Crippen LogP contribution in [0.1, 0.15) is 68.2 Å². The summed E-state index contributed by atoms with van der Waals surface area (Å²) in [7, 11) is -2.59. The fraction of sp³-hybridized carbons (Fsp3) is 0.375. The van der Waals surface area contributed by atoms with Crippen molar-refractivity contribution in [1.29, 1.82) is 0 Å². The Morgan fingerprint density at radius 2 is 0.889 bits per heavy atom. The number of halogens is 2. The van der Waals surface area contributed by atoms with Crippen molar-refractivity contribution in [3.05, 3.63) is 106 Å². The summed E-state index contributed by atoms with van der Waals surface area (Å²) in [5, 5.41) is 6.09. The summed E-state index contributed by atoms with van der Waals surface area (Å²) in [6, 6.07) is 22.8. The molecule has 2 aromatic rings. The Kier molecular flexibility index (Phi) is 11.1. The summed E-state index contributed by atoms with van der Waals surface area (Å²) in [6.45, 7) is 18.9. The van der Waals surface area contributed by atoms with E-state index in [4.69, 9.17) is 0 Å². The van der Waals surface area contributed by atoms with Gasteiger partial charge in [-0.2, -0.15) is 21.5 Å². The van der Waals surface area contributed by atoms with Crippen molar-refractivity contribution in [2.75, 3.05) is 0 Å². The van der Waals surface area contributed by atoms with Crippen molar-refractivity contribution in [3.8, 4) is 0 Å². The van der Waals surface area contributed by atoms with Crippen molar-refractivity contribution in [1.82, 2.24) is 0 Å². The molecule has 0 spiro atoms. The zero-order valence-electron chi connectivity index (χ0n) is 22.9. The van der Waals surface area contributed by atoms with Gasteiger partial charge in [-0.3, -0.25) is 12.2 Å². The molecule has 0 atom stereocenters. The topological polar surface area (TPSA) is 0 Å². The van der Waals surface area contributed by atoms with Crippen molar-refractivity contribution in [2.45, 2.75) is 68.2 Å². The Labute approximate surface area is 248 Å². The van der Waals surface area contributed by atoms with E-state index in [1.54, 1.807) is 21.5 Å². The Balaban J connectivity index is 0.00000216. The normalized spacial score (nSPS) is 16.1. The molecule has 2 aliphatic rings. The van der Waals surface area contributed by atoms with Crippen LogP contribution >= 0.6 is 0 Å². The molecule has 0 unspecified atom stereocenters. The van der Waals surface area contributed by atoms with E-state index in [2.05, 4.69) is 128 Å². The van der Waals surface area contributed by atoms with Gasteiger partial charge in [-0.25, -0.2) is 11.1 Å². The first-order chi connectivity index (χ1) is 15.5. The second-order valence-corrected chi connectivity index (χ2v) is 15.3. The van der Waals surface area contributed by atoms with Gasteiger partial charge >= 0.3 is 21.7 Å². The molecule has 0 nitrogen and oxygen atoms in total. The predicted octanol–water partition coefficient (Wildman–Crippen LogP) is 1.33. The van der Waals surface area contributed by atoms with Gasteiger partial charge in [-0.15, -0.1) is 12.8 Å². The van der Waals surface area contributed by atoms with Crippen LogP contribution in [0.4, 0.5) is 0 Å². The van der Waals surface area contributed by atoms with Crippen LogP contribution in [-0.4, -0.2) is 8.07 Å². The van der Waals surface area contributed by atoms with Gasteiger partial charge in [0.2, 0.25) is 0 Å². The maximum absolute atomic E-state index is 3.79. The second-order valence-electron chi connectivity index (χ2n) is 11.6. The Morgan fingerprint density at radius 3 is 1.17 bits per heavy atom. The first kappa shape index (κ1) is 32.9. The van der Waals surface area contributed by atoms with E-state index in [0.717, 1.165) is 12.8 Å². The number of hydrogen-bond acceptors (Lipinski definition) is 0. The van der Waals surface area contributed by atoms with Gasteiger partial charge in [0, 0.05) is 8.07 Å². The average molecular weight is 570 g/mol. The van der Waals surface area contributed by atoms with Gasteiger partial charge in [0.1, 0.15) is 0 Å². The molecule has 2 aromatic carbocycles. The minimum absolute atomic E-state index is 0. The first-order valence-corrected chi connectivity index (χ1v) is 14.2. The maximum atomic E-state index is 3.79. The van der Waals surface area contributed by atoms with Crippen LogP contribution in [0.25, 0.3) is 0 Å². The molecule has 188 valence electrons. The fourth-order valence-corrected chi connectivity index (χ4v) is 12.0. The van der Waals surface area contributed by atoms with Gasteiger partial charge in [-0.05, 0) is 10.8 Å². The van der Waals surface area contributed by atoms with Crippen LogP contribution in [0.3, 0.4) is 0 Å². The monoisotopic (exact) mass is 568 g/mol. The second kappa shape index (κ2) is 12.2. The van der Waals surface area contributed by atoms with E-state index in [9.17, 15) is 0 Å². The predicted molar refractivity (Wildman–Crippen MR) is 145 cm³/mol. The van der Waals surface area contributed by atoms with Crippen molar-refractivity contribution in [3.63, 3.8) is 0 Å². The Hall–Kier alpha value is -1.09. The summed E-state index contributed by atoms with van der Waals surface area (Å²) in [4.78, 5) is 0. The minimum Gasteiger partial charge on any atom is -1.00 e. The molecule has 0 N–H and O–H groups in total. The molecular weight excluding hydrogens is 531 g/mol. The smallest absolute Gasteiger partial charge is 1.00 e. The number of allylic oxidation sites excluding steroid dienone is 8. The van der Waals surface area contributed by atoms with Gasteiger partial charge in [0.05, 0.1) is 0 Å². The molecule has 4 rings (SSSR count). The molecule has 4 heteroatoms. The molecule has 0 saturated carbocycles. The van der Waals surface area contributed by atoms with Crippen LogP contribution in [0.2, 0.25) is 0 Å². The zero-order valence-corrected chi connectivity index (χ0v) is 27.0. The summed E-state index contributed by atoms with van der Waals surface area (Å²) < 4.78 is 0. The van der Waals surface area contributed by atoms with Gasteiger partial charge in [0.25, 0.3) is 0 Å². The van der Waals surface area contributed by atoms with E-state index >= 15 is 0 Å². The Morgan fingerprint density at radius 1 is 0.583 bits per heavy atom. The van der Waals surface area contributed by atoms with Crippen molar-refractivity contribution < 1.29 is 46.5 Å². The Bertz CT molecular complexity index is 1080. The van der Waals surface area contributed by atoms with Gasteiger partial charge in [-0.1, -0.05) is 126 Å². The van der Waals surface area contributed by atoms with E-state index in [0.29, 0.717) is 0 Å². The van der Waals surface area contributed by atoms with Crippen LogP contribution in [0.5, 0.6) is 0 Å². The summed E-state index contributed by atoms with van der Waals surface area (Å²) in [5.41, 5.74) is 5.98. The summed E-state index contributed by atoms with van der Waals surface area (Å²) in [5.74, 6) is 0. The molecule has 0 aromatic heterocycles. The molecule has 36 heavy (non-hydrogen) atoms. The SMILES string of the molecule is CC1=[C-]CC(C(C)(C)C)=C1[Si](C1=C(C(C)(C)C)C[C-]=C1C)(c1ccccc1)c1ccccc1.[Cl-].[Cl-].[Ti+4]. The summed E-state index contributed by atoms with van der Waals surface area (Å²) in [6.07, 6.45) is 9.44. The molecule has 0 heterocycles. The third-order valence-corrected chi connectivity index (χ3v) is 12.6. The van der Waals surface area contributed by atoms with Crippen molar-refractivity contribution >= 4 is 18.4 Å². The quantitative estimate of drug-likeness (QED) is 0.385. The maximum Gasteiger partial charge on any atom is 4.00 e. The fourth-order valence-electron chi connectivity index (χ4n) is 5.79. The summed E-state index contributed by atoms with van der Waals surface area (Å²) >= 11 is 0. The molecule has 0 aliphatic heterocycles. The third kappa shape index (κ3) is 5.67. The third-order valence-electron chi connectivity index (χ3n) is 7.39. The van der Waals surface area contributed by atoms with Crippen molar-refractivity contribution in [2.24, 2.45) is 10.8 Å². The zero-order chi connectivity index (χ0) is 24.0. The van der Waals surface area contributed by atoms with E-state index in [-0.39, 0.29) is 57.4 Å². The molecule has 0 saturated heterocycles. The number of benzene rings is 2. The number of hydrogen-bond donors (Lipinski definition) is 0. The average Bonchev–Trinajstić information content (AvgIpc) is 3.34. The minimum atomic E-state index is -2.59. The molecule has 0 radical (unpaired) electrons. The molecule has 0 bridgehead atoms. The molecule has 0 fully saturated rings. The molecule has 2 aliphatic carbocycles. The van der Waals surface area contributed by atoms with Crippen LogP contribution < -0.4 is 35.2 Å². The van der Waals surface area contributed by atoms with Crippen LogP contribution in [0, 0.1) is 23.0 Å². The standard InChI is InChI=1S/C32H38Si.2ClH.Ti/c1-23-19-21-27(31(3,4)5)29(23)33(25-15-11-9-12-16-25,26-17-13-10-14-18-26)30-24(2)20-22-28(30)32(6,7)8;;;/h9-18H,21-22H2,1-8H3;2*1H;/q-2;;;+4/p-2. The van der Waals surface area contributed by atoms with Crippen LogP contribution in [0.15, 0.2) is 93.3 Å². The first-order valence-electron chi connectivity index (χ1n) is 12.2. The number of rotatable bonds is 4. The van der Waals surface area contributed by atoms with Crippen LogP contribution in [-0.2, 0) is 21.7 Å². The largest absolute Gasteiger partial charge is 4.00 e. The molecular formula is C32H38Cl2SiTi. The molecule has 0 amide bonds.